The van der Waals surface area contributed by atoms with E-state index in [0.29, 0.717) is 6.42 Å². The van der Waals surface area contributed by atoms with Gasteiger partial charge in [-0.15, -0.1) is 0 Å². The smallest absolute Gasteiger partial charge is 0.261 e. The Hall–Kier alpha value is -2.29. The first-order valence-electron chi connectivity index (χ1n) is 9.73. The fourth-order valence-electron chi connectivity index (χ4n) is 3.73. The Kier molecular flexibility index (Phi) is 5.97. The van der Waals surface area contributed by atoms with Crippen LogP contribution in [0.2, 0.25) is 0 Å². The van der Waals surface area contributed by atoms with E-state index in [4.69, 9.17) is 4.74 Å². The van der Waals surface area contributed by atoms with Crippen molar-refractivity contribution in [1.82, 2.24) is 5.32 Å². The average Bonchev–Trinajstić information content (AvgIpc) is 2.66. The van der Waals surface area contributed by atoms with E-state index in [2.05, 4.69) is 36.5 Å². The highest BCUT2D eigenvalue weighted by molar-refractivity contribution is 5.81. The fourth-order valence-corrected chi connectivity index (χ4v) is 3.73. The molecule has 3 nitrogen and oxygen atoms in total. The minimum atomic E-state index is -0.469. The standard InChI is InChI=1S/C23H29NO2/c1-4-22(23(25)24-17(3)21-12-8-5-9-16(21)2)26-20-14-13-18-10-6-7-11-19(18)15-20/h5,8-9,12-15,17,22H,4,6-7,10-11H2,1-3H3,(H,24,25)/t17-,22+/m0/s1. The molecule has 0 spiro atoms. The Balaban J connectivity index is 1.66. The maximum absolute atomic E-state index is 12.7. The van der Waals surface area contributed by atoms with Crippen molar-refractivity contribution in [3.05, 3.63) is 64.7 Å². The largest absolute Gasteiger partial charge is 0.481 e. The van der Waals surface area contributed by atoms with Gasteiger partial charge in [-0.3, -0.25) is 4.79 Å². The van der Waals surface area contributed by atoms with Gasteiger partial charge in [-0.1, -0.05) is 37.3 Å². The number of fused-ring (bicyclic) bond motifs is 1. The summed E-state index contributed by atoms with van der Waals surface area (Å²) in [6.45, 7) is 6.08. The van der Waals surface area contributed by atoms with Gasteiger partial charge in [0.05, 0.1) is 6.04 Å². The Morgan fingerprint density at radius 1 is 1.12 bits per heavy atom. The second kappa shape index (κ2) is 8.39. The lowest BCUT2D eigenvalue weighted by Gasteiger charge is -2.23. The highest BCUT2D eigenvalue weighted by Crippen LogP contribution is 2.26. The molecule has 1 N–H and O–H groups in total. The molecule has 0 radical (unpaired) electrons. The molecule has 2 aromatic carbocycles. The first kappa shape index (κ1) is 18.5. The van der Waals surface area contributed by atoms with Crippen molar-refractivity contribution in [2.45, 2.75) is 65.0 Å². The highest BCUT2D eigenvalue weighted by atomic mass is 16.5. The third-order valence-electron chi connectivity index (χ3n) is 5.28. The van der Waals surface area contributed by atoms with Crippen LogP contribution < -0.4 is 10.1 Å². The van der Waals surface area contributed by atoms with Gasteiger partial charge in [-0.2, -0.15) is 0 Å². The van der Waals surface area contributed by atoms with Gasteiger partial charge >= 0.3 is 0 Å². The molecule has 0 heterocycles. The van der Waals surface area contributed by atoms with Gasteiger partial charge < -0.3 is 10.1 Å². The van der Waals surface area contributed by atoms with Crippen LogP contribution in [0.3, 0.4) is 0 Å². The van der Waals surface area contributed by atoms with Crippen LogP contribution in [-0.4, -0.2) is 12.0 Å². The van der Waals surface area contributed by atoms with Crippen molar-refractivity contribution < 1.29 is 9.53 Å². The quantitative estimate of drug-likeness (QED) is 0.803. The molecule has 0 unspecified atom stereocenters. The van der Waals surface area contributed by atoms with Crippen LogP contribution in [0.1, 0.15) is 61.4 Å². The second-order valence-corrected chi connectivity index (χ2v) is 7.24. The third-order valence-corrected chi connectivity index (χ3v) is 5.28. The topological polar surface area (TPSA) is 38.3 Å². The van der Waals surface area contributed by atoms with Crippen LogP contribution in [0, 0.1) is 6.92 Å². The van der Waals surface area contributed by atoms with Crippen molar-refractivity contribution in [1.29, 1.82) is 0 Å². The molecule has 26 heavy (non-hydrogen) atoms. The molecule has 0 aliphatic heterocycles. The van der Waals surface area contributed by atoms with Gasteiger partial charge in [0.1, 0.15) is 5.75 Å². The molecule has 0 aromatic heterocycles. The summed E-state index contributed by atoms with van der Waals surface area (Å²) >= 11 is 0. The SMILES string of the molecule is CC[C@@H](Oc1ccc2c(c1)CCCC2)C(=O)N[C@@H](C)c1ccccc1C. The van der Waals surface area contributed by atoms with Crippen molar-refractivity contribution in [3.63, 3.8) is 0 Å². The zero-order valence-electron chi connectivity index (χ0n) is 16.0. The first-order valence-corrected chi connectivity index (χ1v) is 9.73. The van der Waals surface area contributed by atoms with E-state index in [1.807, 2.05) is 32.0 Å². The molecular formula is C23H29NO2. The lowest BCUT2D eigenvalue weighted by atomic mass is 9.92. The van der Waals surface area contributed by atoms with Crippen molar-refractivity contribution in [3.8, 4) is 5.75 Å². The molecule has 1 amide bonds. The monoisotopic (exact) mass is 351 g/mol. The van der Waals surface area contributed by atoms with Gasteiger partial charge in [-0.25, -0.2) is 0 Å². The maximum Gasteiger partial charge on any atom is 0.261 e. The number of hydrogen-bond acceptors (Lipinski definition) is 2. The van der Waals surface area contributed by atoms with Gasteiger partial charge in [0.2, 0.25) is 0 Å². The number of carbonyl (C=O) groups is 1. The first-order chi connectivity index (χ1) is 12.6. The summed E-state index contributed by atoms with van der Waals surface area (Å²) in [5.41, 5.74) is 5.13. The summed E-state index contributed by atoms with van der Waals surface area (Å²) in [5.74, 6) is 0.747. The van der Waals surface area contributed by atoms with Crippen LogP contribution >= 0.6 is 0 Å². The molecular weight excluding hydrogens is 322 g/mol. The van der Waals surface area contributed by atoms with Crippen molar-refractivity contribution >= 4 is 5.91 Å². The lowest BCUT2D eigenvalue weighted by molar-refractivity contribution is -0.128. The lowest BCUT2D eigenvalue weighted by Crippen LogP contribution is -2.39. The number of aryl methyl sites for hydroxylation is 3. The number of hydrogen-bond donors (Lipinski definition) is 1. The molecule has 0 saturated heterocycles. The molecule has 2 aromatic rings. The minimum absolute atomic E-state index is 0.0371. The summed E-state index contributed by atoms with van der Waals surface area (Å²) in [6, 6.07) is 14.4. The molecule has 1 aliphatic rings. The van der Waals surface area contributed by atoms with Gasteiger partial charge in [-0.05, 0) is 80.3 Å². The molecule has 3 rings (SSSR count). The third kappa shape index (κ3) is 4.27. The van der Waals surface area contributed by atoms with E-state index in [1.165, 1.54) is 29.5 Å². The van der Waals surface area contributed by atoms with E-state index in [1.54, 1.807) is 0 Å². The zero-order valence-corrected chi connectivity index (χ0v) is 16.0. The molecule has 138 valence electrons. The van der Waals surface area contributed by atoms with Crippen LogP contribution in [0.5, 0.6) is 5.75 Å². The minimum Gasteiger partial charge on any atom is -0.481 e. The number of rotatable bonds is 6. The summed E-state index contributed by atoms with van der Waals surface area (Å²) in [4.78, 5) is 12.7. The predicted octanol–water partition coefficient (Wildman–Crippen LogP) is 4.91. The van der Waals surface area contributed by atoms with Gasteiger partial charge in [0.25, 0.3) is 5.91 Å². The number of amides is 1. The van der Waals surface area contributed by atoms with E-state index in [-0.39, 0.29) is 11.9 Å². The Labute approximate surface area is 156 Å². The molecule has 0 bridgehead atoms. The van der Waals surface area contributed by atoms with E-state index >= 15 is 0 Å². The molecule has 0 saturated carbocycles. The Morgan fingerprint density at radius 3 is 2.58 bits per heavy atom. The van der Waals surface area contributed by atoms with E-state index in [0.717, 1.165) is 24.2 Å². The second-order valence-electron chi connectivity index (χ2n) is 7.24. The average molecular weight is 351 g/mol. The van der Waals surface area contributed by atoms with Gasteiger partial charge in [0.15, 0.2) is 6.10 Å². The maximum atomic E-state index is 12.7. The predicted molar refractivity (Wildman–Crippen MR) is 106 cm³/mol. The summed E-state index contributed by atoms with van der Waals surface area (Å²) in [5, 5.41) is 3.11. The molecule has 1 aliphatic carbocycles. The number of nitrogens with one attached hydrogen (secondary N) is 1. The summed E-state index contributed by atoms with van der Waals surface area (Å²) in [6.07, 6.45) is 4.94. The summed E-state index contributed by atoms with van der Waals surface area (Å²) < 4.78 is 6.05. The fraction of sp³-hybridized carbons (Fsp3) is 0.435. The Bertz CT molecular complexity index is 769. The van der Waals surface area contributed by atoms with Crippen LogP contribution in [0.25, 0.3) is 0 Å². The van der Waals surface area contributed by atoms with Crippen LogP contribution in [-0.2, 0) is 17.6 Å². The highest BCUT2D eigenvalue weighted by Gasteiger charge is 2.22. The summed E-state index contributed by atoms with van der Waals surface area (Å²) in [7, 11) is 0. The zero-order chi connectivity index (χ0) is 18.5. The Morgan fingerprint density at radius 2 is 1.85 bits per heavy atom. The number of carbonyl (C=O) groups excluding carboxylic acids is 1. The van der Waals surface area contributed by atoms with Gasteiger partial charge in [0, 0.05) is 0 Å². The van der Waals surface area contributed by atoms with E-state index < -0.39 is 6.10 Å². The van der Waals surface area contributed by atoms with Crippen molar-refractivity contribution in [2.75, 3.05) is 0 Å². The molecule has 2 atom stereocenters. The van der Waals surface area contributed by atoms with Crippen molar-refractivity contribution in [2.24, 2.45) is 0 Å². The number of benzene rings is 2. The normalized spacial score (nSPS) is 15.7. The molecule has 3 heteroatoms. The molecule has 0 fully saturated rings. The number of ether oxygens (including phenoxy) is 1. The van der Waals surface area contributed by atoms with Crippen LogP contribution in [0.4, 0.5) is 0 Å². The van der Waals surface area contributed by atoms with Crippen LogP contribution in [0.15, 0.2) is 42.5 Å². The van der Waals surface area contributed by atoms with E-state index in [9.17, 15) is 4.79 Å².